The maximum atomic E-state index is 14.5. The minimum absolute atomic E-state index is 0.0704. The summed E-state index contributed by atoms with van der Waals surface area (Å²) in [5.74, 6) is -2.02. The highest BCUT2D eigenvalue weighted by molar-refractivity contribution is 6.33. The zero-order valence-corrected chi connectivity index (χ0v) is 17.8. The van der Waals surface area contributed by atoms with E-state index in [0.717, 1.165) is 12.3 Å². The van der Waals surface area contributed by atoms with Crippen molar-refractivity contribution in [3.05, 3.63) is 52.7 Å². The van der Waals surface area contributed by atoms with Gasteiger partial charge in [-0.2, -0.15) is 31.4 Å². The third kappa shape index (κ3) is 4.89. The van der Waals surface area contributed by atoms with Gasteiger partial charge >= 0.3 is 18.3 Å². The number of hydrogen-bond donors (Lipinski definition) is 2. The molecule has 0 spiro atoms. The number of benzene rings is 1. The summed E-state index contributed by atoms with van der Waals surface area (Å²) in [6, 6.07) is 3.58. The van der Waals surface area contributed by atoms with E-state index in [1.165, 1.54) is 19.1 Å². The van der Waals surface area contributed by atoms with E-state index in [2.05, 4.69) is 10.1 Å². The second kappa shape index (κ2) is 9.29. The van der Waals surface area contributed by atoms with Gasteiger partial charge in [-0.1, -0.05) is 17.7 Å². The predicted molar refractivity (Wildman–Crippen MR) is 105 cm³/mol. The summed E-state index contributed by atoms with van der Waals surface area (Å²) in [7, 11) is 0. The van der Waals surface area contributed by atoms with Gasteiger partial charge in [0.25, 0.3) is 0 Å². The summed E-state index contributed by atoms with van der Waals surface area (Å²) < 4.78 is 99.2. The molecule has 0 aliphatic rings. The van der Waals surface area contributed by atoms with Crippen molar-refractivity contribution in [3.63, 3.8) is 0 Å². The first-order valence-electron chi connectivity index (χ1n) is 9.48. The minimum atomic E-state index is -5.25. The van der Waals surface area contributed by atoms with E-state index in [-0.39, 0.29) is 27.4 Å². The van der Waals surface area contributed by atoms with Crippen LogP contribution in [0.4, 0.5) is 30.7 Å². The summed E-state index contributed by atoms with van der Waals surface area (Å²) in [4.78, 5) is 15.1. The fraction of sp³-hybridized carbons (Fsp3) is 0.300. The van der Waals surface area contributed by atoms with Gasteiger partial charge in [0.1, 0.15) is 5.82 Å². The van der Waals surface area contributed by atoms with Crippen molar-refractivity contribution in [2.45, 2.75) is 31.9 Å². The van der Waals surface area contributed by atoms with Crippen LogP contribution in [0.1, 0.15) is 23.0 Å². The van der Waals surface area contributed by atoms with E-state index in [1.54, 1.807) is 0 Å². The lowest BCUT2D eigenvalue weighted by Gasteiger charge is -2.18. The van der Waals surface area contributed by atoms with Crippen LogP contribution in [0, 0.1) is 5.82 Å². The zero-order chi connectivity index (χ0) is 25.4. The van der Waals surface area contributed by atoms with Gasteiger partial charge in [-0.3, -0.25) is 4.68 Å². The Morgan fingerprint density at radius 1 is 1.24 bits per heavy atom. The summed E-state index contributed by atoms with van der Waals surface area (Å²) in [5, 5.41) is 12.4. The lowest BCUT2D eigenvalue weighted by atomic mass is 9.99. The average molecular weight is 514 g/mol. The third-order valence-corrected chi connectivity index (χ3v) is 5.01. The summed E-state index contributed by atoms with van der Waals surface area (Å²) in [6.07, 6.45) is -12.0. The van der Waals surface area contributed by atoms with E-state index in [4.69, 9.17) is 16.3 Å². The van der Waals surface area contributed by atoms with Crippen molar-refractivity contribution in [1.82, 2.24) is 14.8 Å². The van der Waals surface area contributed by atoms with Gasteiger partial charge in [0.2, 0.25) is 0 Å². The molecular weight excluding hydrogens is 499 g/mol. The zero-order valence-electron chi connectivity index (χ0n) is 17.1. The SMILES string of the molecule is CCOC(=O)c1c(-c2c(F)cccc2Cl)c[nH]c1-c1cnn(CC(O)C(F)(F)F)c1C(F)(F)F. The van der Waals surface area contributed by atoms with Crippen LogP contribution < -0.4 is 0 Å². The van der Waals surface area contributed by atoms with E-state index < -0.39 is 59.3 Å². The molecule has 6 nitrogen and oxygen atoms in total. The molecular formula is C20H15ClF7N3O3. The summed E-state index contributed by atoms with van der Waals surface area (Å²) in [5.41, 5.74) is -4.09. The number of aromatic nitrogens is 3. The van der Waals surface area contributed by atoms with Crippen molar-refractivity contribution in [3.8, 4) is 22.4 Å². The molecule has 0 aliphatic heterocycles. The van der Waals surface area contributed by atoms with Crippen LogP contribution in [0.3, 0.4) is 0 Å². The molecule has 0 saturated heterocycles. The number of aliphatic hydroxyl groups excluding tert-OH is 1. The Bertz CT molecular complexity index is 1180. The van der Waals surface area contributed by atoms with Gasteiger partial charge in [-0.25, -0.2) is 9.18 Å². The second-order valence-corrected chi connectivity index (χ2v) is 7.32. The van der Waals surface area contributed by atoms with Crippen molar-refractivity contribution < 1.29 is 45.4 Å². The van der Waals surface area contributed by atoms with Gasteiger partial charge in [0.15, 0.2) is 11.8 Å². The molecule has 2 heterocycles. The molecule has 0 amide bonds. The number of carbonyl (C=O) groups excluding carboxylic acids is 1. The molecule has 3 rings (SSSR count). The quantitative estimate of drug-likeness (QED) is 0.339. The van der Waals surface area contributed by atoms with E-state index in [0.29, 0.717) is 6.20 Å². The van der Waals surface area contributed by atoms with Gasteiger partial charge in [-0.05, 0) is 19.1 Å². The number of halogens is 8. The largest absolute Gasteiger partial charge is 0.462 e. The molecule has 0 saturated carbocycles. The van der Waals surface area contributed by atoms with Crippen LogP contribution in [0.15, 0.2) is 30.6 Å². The molecule has 0 aliphatic carbocycles. The molecule has 1 unspecified atom stereocenters. The minimum Gasteiger partial charge on any atom is -0.462 e. The maximum absolute atomic E-state index is 14.5. The van der Waals surface area contributed by atoms with Crippen molar-refractivity contribution in [2.24, 2.45) is 0 Å². The molecule has 0 radical (unpaired) electrons. The lowest BCUT2D eigenvalue weighted by Crippen LogP contribution is -2.34. The number of ether oxygens (including phenoxy) is 1. The molecule has 184 valence electrons. The number of H-pyrrole nitrogens is 1. The molecule has 1 aromatic carbocycles. The summed E-state index contributed by atoms with van der Waals surface area (Å²) in [6.45, 7) is -0.311. The van der Waals surface area contributed by atoms with Gasteiger partial charge in [0.05, 0.1) is 35.6 Å². The van der Waals surface area contributed by atoms with E-state index in [1.807, 2.05) is 0 Å². The molecule has 0 bridgehead atoms. The number of nitrogens with zero attached hydrogens (tertiary/aromatic N) is 2. The van der Waals surface area contributed by atoms with Crippen LogP contribution in [0.2, 0.25) is 5.02 Å². The van der Waals surface area contributed by atoms with Crippen LogP contribution in [-0.4, -0.2) is 44.7 Å². The first-order valence-corrected chi connectivity index (χ1v) is 9.86. The summed E-state index contributed by atoms with van der Waals surface area (Å²) >= 11 is 6.04. The number of aliphatic hydroxyl groups is 1. The first-order chi connectivity index (χ1) is 15.8. The average Bonchev–Trinajstić information content (AvgIpc) is 3.31. The monoisotopic (exact) mass is 513 g/mol. The number of hydrogen-bond acceptors (Lipinski definition) is 4. The molecule has 34 heavy (non-hydrogen) atoms. The highest BCUT2D eigenvalue weighted by Crippen LogP contribution is 2.42. The standard InChI is InChI=1S/C20H15ClF7N3O3/c1-2-34-18(33)15-9(14-11(21)4-3-5-12(14)22)6-29-16(15)10-7-30-31(17(10)20(26,27)28)8-13(32)19(23,24)25/h3-7,13,29,32H,2,8H2,1H3. The van der Waals surface area contributed by atoms with Crippen LogP contribution in [-0.2, 0) is 17.5 Å². The highest BCUT2D eigenvalue weighted by Gasteiger charge is 2.44. The van der Waals surface area contributed by atoms with Crippen LogP contribution >= 0.6 is 11.6 Å². The normalized spacial score (nSPS) is 13.2. The fourth-order valence-electron chi connectivity index (χ4n) is 3.28. The predicted octanol–water partition coefficient (Wildman–Crippen LogP) is 5.46. The Labute approximate surface area is 191 Å². The first kappa shape index (κ1) is 25.6. The molecule has 2 N–H and O–H groups in total. The smallest absolute Gasteiger partial charge is 0.433 e. The Morgan fingerprint density at radius 3 is 2.47 bits per heavy atom. The van der Waals surface area contributed by atoms with Gasteiger partial charge in [0, 0.05) is 22.9 Å². The topological polar surface area (TPSA) is 80.1 Å². The number of rotatable bonds is 6. The molecule has 1 atom stereocenters. The van der Waals surface area contributed by atoms with E-state index in [9.17, 15) is 40.6 Å². The van der Waals surface area contributed by atoms with Crippen molar-refractivity contribution in [2.75, 3.05) is 6.61 Å². The fourth-order valence-corrected chi connectivity index (χ4v) is 3.54. The van der Waals surface area contributed by atoms with Crippen molar-refractivity contribution >= 4 is 17.6 Å². The van der Waals surface area contributed by atoms with Gasteiger partial charge < -0.3 is 14.8 Å². The van der Waals surface area contributed by atoms with Crippen molar-refractivity contribution in [1.29, 1.82) is 0 Å². The van der Waals surface area contributed by atoms with Crippen LogP contribution in [0.25, 0.3) is 22.4 Å². The van der Waals surface area contributed by atoms with Gasteiger partial charge in [-0.15, -0.1) is 0 Å². The number of nitrogens with one attached hydrogen (secondary N) is 1. The highest BCUT2D eigenvalue weighted by atomic mass is 35.5. The van der Waals surface area contributed by atoms with Crippen LogP contribution in [0.5, 0.6) is 0 Å². The number of alkyl halides is 6. The molecule has 2 aromatic heterocycles. The Balaban J connectivity index is 2.26. The number of aromatic amines is 1. The molecule has 0 fully saturated rings. The Kier molecular flexibility index (Phi) is 6.99. The third-order valence-electron chi connectivity index (χ3n) is 4.69. The lowest BCUT2D eigenvalue weighted by molar-refractivity contribution is -0.209. The Hall–Kier alpha value is -3.06. The second-order valence-electron chi connectivity index (χ2n) is 6.91. The van der Waals surface area contributed by atoms with E-state index >= 15 is 0 Å². The maximum Gasteiger partial charge on any atom is 0.433 e. The molecule has 3 aromatic rings. The number of carbonyl (C=O) groups is 1. The number of esters is 1. The molecule has 14 heteroatoms. The Morgan fingerprint density at radius 2 is 1.91 bits per heavy atom.